The first kappa shape index (κ1) is 11.5. The number of carboxylic acids is 1. The van der Waals surface area contributed by atoms with Gasteiger partial charge in [0.05, 0.1) is 6.61 Å². The van der Waals surface area contributed by atoms with Gasteiger partial charge in [0, 0.05) is 5.92 Å². The van der Waals surface area contributed by atoms with Gasteiger partial charge in [-0.2, -0.15) is 0 Å². The molecule has 0 aromatic carbocycles. The Morgan fingerprint density at radius 3 is 2.62 bits per heavy atom. The highest BCUT2D eigenvalue weighted by atomic mass is 16.6. The van der Waals surface area contributed by atoms with Gasteiger partial charge in [0.1, 0.15) is 0 Å². The number of rotatable bonds is 3. The van der Waals surface area contributed by atoms with Gasteiger partial charge in [0.15, 0.2) is 0 Å². The number of carbonyl (C=O) groups is 2. The van der Waals surface area contributed by atoms with Crippen LogP contribution in [0.4, 0.5) is 0 Å². The van der Waals surface area contributed by atoms with Crippen molar-refractivity contribution in [1.82, 2.24) is 0 Å². The van der Waals surface area contributed by atoms with E-state index in [1.54, 1.807) is 6.92 Å². The molecule has 0 spiro atoms. The highest BCUT2D eigenvalue weighted by molar-refractivity contribution is 6.28. The average Bonchev–Trinajstić information content (AvgIpc) is 2.04. The third kappa shape index (κ3) is 5.74. The summed E-state index contributed by atoms with van der Waals surface area (Å²) in [5, 5.41) is 8.15. The molecule has 4 nitrogen and oxygen atoms in total. The van der Waals surface area contributed by atoms with Gasteiger partial charge in [-0.3, -0.25) is 0 Å². The van der Waals surface area contributed by atoms with Crippen molar-refractivity contribution in [3.8, 4) is 11.8 Å². The highest BCUT2D eigenvalue weighted by Crippen LogP contribution is 1.99. The summed E-state index contributed by atoms with van der Waals surface area (Å²) in [6.45, 7) is 3.70. The summed E-state index contributed by atoms with van der Waals surface area (Å²) >= 11 is 0. The van der Waals surface area contributed by atoms with Crippen molar-refractivity contribution in [2.75, 3.05) is 6.61 Å². The third-order valence-electron chi connectivity index (χ3n) is 1.35. The number of aliphatic carboxylic acids is 1. The molecule has 0 amide bonds. The summed E-state index contributed by atoms with van der Waals surface area (Å²) in [6, 6.07) is 0. The molecule has 1 atom stereocenters. The molecule has 0 saturated carbocycles. The Kier molecular flexibility index (Phi) is 5.37. The number of carboxylic acid groups (broad SMARTS) is 1. The van der Waals surface area contributed by atoms with Crippen LogP contribution in [0.3, 0.4) is 0 Å². The van der Waals surface area contributed by atoms with Crippen LogP contribution in [0.5, 0.6) is 0 Å². The van der Waals surface area contributed by atoms with Crippen molar-refractivity contribution in [1.29, 1.82) is 0 Å². The van der Waals surface area contributed by atoms with Gasteiger partial charge in [-0.05, 0) is 13.3 Å². The van der Waals surface area contributed by atoms with Gasteiger partial charge in [-0.25, -0.2) is 9.59 Å². The number of hydrogen-bond donors (Lipinski definition) is 1. The fraction of sp³-hybridized carbons (Fsp3) is 0.556. The van der Waals surface area contributed by atoms with Crippen molar-refractivity contribution >= 4 is 11.9 Å². The van der Waals surface area contributed by atoms with Gasteiger partial charge in [-0.1, -0.05) is 6.92 Å². The summed E-state index contributed by atoms with van der Waals surface area (Å²) < 4.78 is 4.41. The Hall–Kier alpha value is -1.50. The van der Waals surface area contributed by atoms with Crippen molar-refractivity contribution in [3.05, 3.63) is 0 Å². The maximum atomic E-state index is 10.4. The SMILES string of the molecule is CC#CC(C)CCOC(=O)C(=O)O. The van der Waals surface area contributed by atoms with Crippen LogP contribution in [0, 0.1) is 17.8 Å². The molecule has 1 N–H and O–H groups in total. The first-order valence-corrected chi connectivity index (χ1v) is 3.90. The minimum atomic E-state index is -1.56. The zero-order valence-corrected chi connectivity index (χ0v) is 7.66. The van der Waals surface area contributed by atoms with Crippen LogP contribution in [-0.4, -0.2) is 23.7 Å². The Bertz CT molecular complexity index is 246. The molecule has 72 valence electrons. The van der Waals surface area contributed by atoms with Crippen LogP contribution < -0.4 is 0 Å². The number of hydrogen-bond acceptors (Lipinski definition) is 3. The molecule has 1 unspecified atom stereocenters. The van der Waals surface area contributed by atoms with Gasteiger partial charge in [-0.15, -0.1) is 11.8 Å². The van der Waals surface area contributed by atoms with E-state index >= 15 is 0 Å². The van der Waals surface area contributed by atoms with Gasteiger partial charge >= 0.3 is 11.9 Å². The molecule has 13 heavy (non-hydrogen) atoms. The predicted molar refractivity (Wildman–Crippen MR) is 45.8 cm³/mol. The molecule has 0 heterocycles. The van der Waals surface area contributed by atoms with Crippen molar-refractivity contribution in [2.24, 2.45) is 5.92 Å². The first-order chi connectivity index (χ1) is 6.07. The molecule has 0 fully saturated rings. The fourth-order valence-electron chi connectivity index (χ4n) is 0.709. The summed E-state index contributed by atoms with van der Waals surface area (Å²) in [5.41, 5.74) is 0. The first-order valence-electron chi connectivity index (χ1n) is 3.90. The minimum absolute atomic E-state index is 0.0982. The minimum Gasteiger partial charge on any atom is -0.473 e. The van der Waals surface area contributed by atoms with Crippen LogP contribution in [-0.2, 0) is 14.3 Å². The second-order valence-corrected chi connectivity index (χ2v) is 2.53. The van der Waals surface area contributed by atoms with Crippen molar-refractivity contribution in [3.63, 3.8) is 0 Å². The van der Waals surface area contributed by atoms with Crippen molar-refractivity contribution in [2.45, 2.75) is 20.3 Å². The standard InChI is InChI=1S/C9H12O4/c1-3-4-7(2)5-6-13-9(12)8(10)11/h7H,5-6H2,1-2H3,(H,10,11). The zero-order chi connectivity index (χ0) is 10.3. The summed E-state index contributed by atoms with van der Waals surface area (Å²) in [7, 11) is 0. The predicted octanol–water partition coefficient (Wildman–Crippen LogP) is 0.664. The molecule has 0 aliphatic heterocycles. The molecule has 0 rings (SSSR count). The summed E-state index contributed by atoms with van der Waals surface area (Å²) in [4.78, 5) is 20.4. The van der Waals surface area contributed by atoms with Gasteiger partial charge in [0.2, 0.25) is 0 Å². The average molecular weight is 184 g/mol. The fourth-order valence-corrected chi connectivity index (χ4v) is 0.709. The molecular formula is C9H12O4. The molecule has 0 bridgehead atoms. The van der Waals surface area contributed by atoms with Crippen LogP contribution in [0.1, 0.15) is 20.3 Å². The maximum absolute atomic E-state index is 10.4. The summed E-state index contributed by atoms with van der Waals surface area (Å²) in [6.07, 6.45) is 0.555. The van der Waals surface area contributed by atoms with E-state index in [2.05, 4.69) is 16.6 Å². The van der Waals surface area contributed by atoms with E-state index < -0.39 is 11.9 Å². The Balaban J connectivity index is 3.60. The number of carbonyl (C=O) groups excluding carboxylic acids is 1. The molecule has 0 aromatic rings. The molecule has 0 radical (unpaired) electrons. The van der Waals surface area contributed by atoms with E-state index in [1.807, 2.05) is 6.92 Å². The lowest BCUT2D eigenvalue weighted by Gasteiger charge is -2.03. The van der Waals surface area contributed by atoms with Crippen LogP contribution >= 0.6 is 0 Å². The van der Waals surface area contributed by atoms with E-state index in [0.29, 0.717) is 6.42 Å². The van der Waals surface area contributed by atoms with E-state index in [0.717, 1.165) is 0 Å². The lowest BCUT2D eigenvalue weighted by atomic mass is 10.1. The zero-order valence-electron chi connectivity index (χ0n) is 7.66. The van der Waals surface area contributed by atoms with E-state index in [9.17, 15) is 9.59 Å². The molecule has 0 aromatic heterocycles. The largest absolute Gasteiger partial charge is 0.473 e. The Morgan fingerprint density at radius 1 is 1.54 bits per heavy atom. The molecule has 0 saturated heterocycles. The third-order valence-corrected chi connectivity index (χ3v) is 1.35. The Morgan fingerprint density at radius 2 is 2.15 bits per heavy atom. The molecular weight excluding hydrogens is 172 g/mol. The second-order valence-electron chi connectivity index (χ2n) is 2.53. The van der Waals surface area contributed by atoms with Crippen molar-refractivity contribution < 1.29 is 19.4 Å². The number of ether oxygens (including phenoxy) is 1. The second kappa shape index (κ2) is 6.06. The highest BCUT2D eigenvalue weighted by Gasteiger charge is 2.12. The smallest absolute Gasteiger partial charge is 0.417 e. The van der Waals surface area contributed by atoms with Gasteiger partial charge in [0.25, 0.3) is 0 Å². The monoisotopic (exact) mass is 184 g/mol. The normalized spacial score (nSPS) is 10.9. The summed E-state index contributed by atoms with van der Waals surface area (Å²) in [5.74, 6) is 2.93. The lowest BCUT2D eigenvalue weighted by Crippen LogP contribution is -2.17. The quantitative estimate of drug-likeness (QED) is 0.397. The van der Waals surface area contributed by atoms with E-state index in [1.165, 1.54) is 0 Å². The van der Waals surface area contributed by atoms with Crippen LogP contribution in [0.25, 0.3) is 0 Å². The lowest BCUT2D eigenvalue weighted by molar-refractivity contribution is -0.164. The van der Waals surface area contributed by atoms with E-state index in [4.69, 9.17) is 5.11 Å². The van der Waals surface area contributed by atoms with Gasteiger partial charge < -0.3 is 9.84 Å². The Labute approximate surface area is 76.9 Å². The topological polar surface area (TPSA) is 63.6 Å². The molecule has 4 heteroatoms. The van der Waals surface area contributed by atoms with Crippen LogP contribution in [0.15, 0.2) is 0 Å². The number of esters is 1. The van der Waals surface area contributed by atoms with E-state index in [-0.39, 0.29) is 12.5 Å². The van der Waals surface area contributed by atoms with Crippen LogP contribution in [0.2, 0.25) is 0 Å². The molecule has 0 aliphatic rings. The molecule has 0 aliphatic carbocycles. The maximum Gasteiger partial charge on any atom is 0.417 e.